The van der Waals surface area contributed by atoms with Crippen LogP contribution in [0.2, 0.25) is 0 Å². The van der Waals surface area contributed by atoms with Crippen LogP contribution in [0.1, 0.15) is 32.8 Å². The highest BCUT2D eigenvalue weighted by Crippen LogP contribution is 2.33. The normalized spacial score (nSPS) is 15.0. The van der Waals surface area contributed by atoms with E-state index in [2.05, 4.69) is 0 Å². The number of nitrogens with two attached hydrogens (primary N) is 2. The first-order valence-electron chi connectivity index (χ1n) is 6.75. The minimum Gasteiger partial charge on any atom is -0.443 e. The van der Waals surface area contributed by atoms with Gasteiger partial charge < -0.3 is 16.2 Å². The Balaban J connectivity index is 2.32. The molecule has 1 heterocycles. The number of benzene rings is 1. The van der Waals surface area contributed by atoms with Crippen LogP contribution in [0.25, 0.3) is 5.70 Å². The Labute approximate surface area is 123 Å². The van der Waals surface area contributed by atoms with Gasteiger partial charge in [-0.25, -0.2) is 9.18 Å². The summed E-state index contributed by atoms with van der Waals surface area (Å²) in [6.07, 6.45) is 1.93. The Morgan fingerprint density at radius 2 is 2.00 bits per heavy atom. The van der Waals surface area contributed by atoms with E-state index in [1.54, 1.807) is 26.8 Å². The molecule has 1 amide bonds. The van der Waals surface area contributed by atoms with Crippen molar-refractivity contribution in [1.29, 1.82) is 0 Å². The predicted molar refractivity (Wildman–Crippen MR) is 80.8 cm³/mol. The lowest BCUT2D eigenvalue weighted by molar-refractivity contribution is 0.0365. The molecular weight excluding hydrogens is 273 g/mol. The Bertz CT molecular complexity index is 606. The van der Waals surface area contributed by atoms with Gasteiger partial charge in [-0.15, -0.1) is 0 Å². The molecule has 0 bridgehead atoms. The van der Waals surface area contributed by atoms with Crippen LogP contribution in [0.15, 0.2) is 18.2 Å². The molecule has 1 aromatic carbocycles. The molecule has 4 N–H and O–H groups in total. The fourth-order valence-corrected chi connectivity index (χ4v) is 2.13. The third-order valence-corrected chi connectivity index (χ3v) is 3.08. The van der Waals surface area contributed by atoms with Gasteiger partial charge in [-0.2, -0.15) is 0 Å². The average Bonchev–Trinajstić information content (AvgIpc) is 2.83. The lowest BCUT2D eigenvalue weighted by Crippen LogP contribution is -2.34. The van der Waals surface area contributed by atoms with E-state index < -0.39 is 17.5 Å². The molecule has 0 aromatic heterocycles. The molecular formula is C15H20FN3O2. The number of hydrogen-bond acceptors (Lipinski definition) is 4. The number of amides is 1. The van der Waals surface area contributed by atoms with Crippen molar-refractivity contribution < 1.29 is 13.9 Å². The van der Waals surface area contributed by atoms with Crippen molar-refractivity contribution in [2.75, 3.05) is 18.0 Å². The first-order valence-corrected chi connectivity index (χ1v) is 6.75. The third-order valence-electron chi connectivity index (χ3n) is 3.08. The molecule has 0 atom stereocenters. The Morgan fingerprint density at radius 3 is 2.62 bits per heavy atom. The van der Waals surface area contributed by atoms with E-state index in [0.717, 1.165) is 0 Å². The number of ether oxygens (including phenoxy) is 1. The molecule has 0 saturated carbocycles. The van der Waals surface area contributed by atoms with Crippen LogP contribution < -0.4 is 11.5 Å². The molecule has 114 valence electrons. The molecule has 0 saturated heterocycles. The van der Waals surface area contributed by atoms with Gasteiger partial charge in [0.1, 0.15) is 5.60 Å². The molecule has 1 aromatic rings. The van der Waals surface area contributed by atoms with Crippen LogP contribution in [0.4, 0.5) is 20.6 Å². The number of halogens is 1. The maximum atomic E-state index is 14.3. The van der Waals surface area contributed by atoms with Crippen molar-refractivity contribution in [3.05, 3.63) is 29.6 Å². The van der Waals surface area contributed by atoms with Gasteiger partial charge in [-0.1, -0.05) is 6.08 Å². The summed E-state index contributed by atoms with van der Waals surface area (Å²) in [6, 6.07) is 3.05. The molecule has 0 aliphatic carbocycles. The molecule has 0 spiro atoms. The zero-order chi connectivity index (χ0) is 15.8. The van der Waals surface area contributed by atoms with E-state index in [1.165, 1.54) is 17.0 Å². The largest absolute Gasteiger partial charge is 0.443 e. The Kier molecular flexibility index (Phi) is 3.80. The van der Waals surface area contributed by atoms with E-state index >= 15 is 0 Å². The fraction of sp³-hybridized carbons (Fsp3) is 0.400. The number of rotatable bonds is 1. The summed E-state index contributed by atoms with van der Waals surface area (Å²) in [5.41, 5.74) is 11.4. The monoisotopic (exact) mass is 293 g/mol. The fourth-order valence-electron chi connectivity index (χ4n) is 2.13. The van der Waals surface area contributed by atoms with Gasteiger partial charge in [0.15, 0.2) is 5.82 Å². The van der Waals surface area contributed by atoms with Crippen LogP contribution in [0.3, 0.4) is 0 Å². The topological polar surface area (TPSA) is 81.6 Å². The zero-order valence-electron chi connectivity index (χ0n) is 12.4. The number of hydrogen-bond donors (Lipinski definition) is 2. The number of carbonyl (C=O) groups is 1. The van der Waals surface area contributed by atoms with Gasteiger partial charge in [0.25, 0.3) is 0 Å². The van der Waals surface area contributed by atoms with E-state index in [-0.39, 0.29) is 16.9 Å². The molecule has 0 fully saturated rings. The first-order chi connectivity index (χ1) is 9.70. The van der Waals surface area contributed by atoms with Gasteiger partial charge in [0, 0.05) is 12.1 Å². The van der Waals surface area contributed by atoms with Crippen molar-refractivity contribution in [2.24, 2.45) is 0 Å². The number of carbonyl (C=O) groups excluding carboxylic acids is 1. The SMILES string of the molecule is CC(C)(C)OC(=O)N1CCC=C1c1ccc(N)c(N)c1F. The van der Waals surface area contributed by atoms with Crippen LogP contribution in [-0.2, 0) is 4.74 Å². The van der Waals surface area contributed by atoms with E-state index in [9.17, 15) is 9.18 Å². The van der Waals surface area contributed by atoms with Crippen molar-refractivity contribution in [3.8, 4) is 0 Å². The third kappa shape index (κ3) is 3.09. The summed E-state index contributed by atoms with van der Waals surface area (Å²) in [4.78, 5) is 13.6. The number of anilines is 2. The number of nitrogen functional groups attached to an aromatic ring is 2. The second kappa shape index (κ2) is 5.27. The summed E-state index contributed by atoms with van der Waals surface area (Å²) in [5, 5.41) is 0. The van der Waals surface area contributed by atoms with Crippen molar-refractivity contribution in [1.82, 2.24) is 4.90 Å². The summed E-state index contributed by atoms with van der Waals surface area (Å²) in [6.45, 7) is 5.80. The molecule has 0 unspecified atom stereocenters. The molecule has 6 heteroatoms. The lowest BCUT2D eigenvalue weighted by Gasteiger charge is -2.26. The second-order valence-electron chi connectivity index (χ2n) is 5.94. The van der Waals surface area contributed by atoms with E-state index in [0.29, 0.717) is 18.7 Å². The highest BCUT2D eigenvalue weighted by Gasteiger charge is 2.29. The maximum Gasteiger partial charge on any atom is 0.414 e. The van der Waals surface area contributed by atoms with Gasteiger partial charge in [-0.3, -0.25) is 4.90 Å². The van der Waals surface area contributed by atoms with Crippen LogP contribution in [-0.4, -0.2) is 23.1 Å². The minimum absolute atomic E-state index is 0.107. The van der Waals surface area contributed by atoms with Crippen LogP contribution in [0.5, 0.6) is 0 Å². The second-order valence-corrected chi connectivity index (χ2v) is 5.94. The van der Waals surface area contributed by atoms with Crippen LogP contribution >= 0.6 is 0 Å². The first kappa shape index (κ1) is 15.2. The summed E-state index contributed by atoms with van der Waals surface area (Å²) >= 11 is 0. The lowest BCUT2D eigenvalue weighted by atomic mass is 10.1. The maximum absolute atomic E-state index is 14.3. The van der Waals surface area contributed by atoms with Crippen molar-refractivity contribution in [2.45, 2.75) is 32.8 Å². The standard InChI is InChI=1S/C15H20FN3O2/c1-15(2,3)21-14(20)19-8-4-5-11(19)9-6-7-10(17)13(18)12(9)16/h5-7H,4,8,17-18H2,1-3H3. The average molecular weight is 293 g/mol. The quantitative estimate of drug-likeness (QED) is 0.780. The van der Waals surface area contributed by atoms with E-state index in [1.807, 2.05) is 0 Å². The highest BCUT2D eigenvalue weighted by molar-refractivity contribution is 5.85. The van der Waals surface area contributed by atoms with Crippen LogP contribution in [0, 0.1) is 5.82 Å². The smallest absolute Gasteiger partial charge is 0.414 e. The molecule has 5 nitrogen and oxygen atoms in total. The Hall–Kier alpha value is -2.24. The summed E-state index contributed by atoms with van der Waals surface area (Å²) in [5.74, 6) is -0.614. The van der Waals surface area contributed by atoms with Gasteiger partial charge >= 0.3 is 6.09 Å². The summed E-state index contributed by atoms with van der Waals surface area (Å²) in [7, 11) is 0. The van der Waals surface area contributed by atoms with Crippen molar-refractivity contribution in [3.63, 3.8) is 0 Å². The minimum atomic E-state index is -0.614. The molecule has 1 aliphatic rings. The summed E-state index contributed by atoms with van der Waals surface area (Å²) < 4.78 is 19.6. The molecule has 0 radical (unpaired) electrons. The number of nitrogens with zero attached hydrogens (tertiary/aromatic N) is 1. The zero-order valence-corrected chi connectivity index (χ0v) is 12.4. The van der Waals surface area contributed by atoms with Gasteiger partial charge in [0.2, 0.25) is 0 Å². The highest BCUT2D eigenvalue weighted by atomic mass is 19.1. The molecule has 2 rings (SSSR count). The van der Waals surface area contributed by atoms with Crippen molar-refractivity contribution >= 4 is 23.2 Å². The molecule has 1 aliphatic heterocycles. The Morgan fingerprint density at radius 1 is 1.33 bits per heavy atom. The van der Waals surface area contributed by atoms with Gasteiger partial charge in [-0.05, 0) is 39.3 Å². The molecule has 21 heavy (non-hydrogen) atoms. The van der Waals surface area contributed by atoms with E-state index in [4.69, 9.17) is 16.2 Å². The van der Waals surface area contributed by atoms with Gasteiger partial charge in [0.05, 0.1) is 17.1 Å². The predicted octanol–water partition coefficient (Wildman–Crippen LogP) is 2.97.